The van der Waals surface area contributed by atoms with Crippen LogP contribution in [0.25, 0.3) is 0 Å². The molecule has 0 saturated heterocycles. The van der Waals surface area contributed by atoms with Crippen LogP contribution in [0.1, 0.15) is 24.5 Å². The van der Waals surface area contributed by atoms with Gasteiger partial charge in [-0.05, 0) is 17.5 Å². The molecule has 0 aliphatic heterocycles. The van der Waals surface area contributed by atoms with Gasteiger partial charge in [0, 0.05) is 13.1 Å². The van der Waals surface area contributed by atoms with Gasteiger partial charge in [0.05, 0.1) is 6.42 Å². The van der Waals surface area contributed by atoms with Crippen molar-refractivity contribution < 1.29 is 14.7 Å². The lowest BCUT2D eigenvalue weighted by atomic mass is 10.1. The van der Waals surface area contributed by atoms with Gasteiger partial charge in [0.2, 0.25) is 0 Å². The highest BCUT2D eigenvalue weighted by Gasteiger charge is 2.04. The summed E-state index contributed by atoms with van der Waals surface area (Å²) >= 11 is 0. The number of amides is 2. The molecular weight excluding hydrogens is 232 g/mol. The maximum atomic E-state index is 11.4. The molecule has 0 unspecified atom stereocenters. The van der Waals surface area contributed by atoms with Crippen molar-refractivity contribution in [3.8, 4) is 0 Å². The normalized spacial score (nSPS) is 9.83. The van der Waals surface area contributed by atoms with Crippen molar-refractivity contribution in [3.05, 3.63) is 35.4 Å². The third-order valence-electron chi connectivity index (χ3n) is 2.56. The Kier molecular flexibility index (Phi) is 5.70. The first-order valence-corrected chi connectivity index (χ1v) is 5.93. The Morgan fingerprint density at radius 1 is 1.17 bits per heavy atom. The summed E-state index contributed by atoms with van der Waals surface area (Å²) in [6.45, 7) is 2.64. The van der Waals surface area contributed by atoms with Gasteiger partial charge >= 0.3 is 12.0 Å². The van der Waals surface area contributed by atoms with Crippen molar-refractivity contribution in [3.63, 3.8) is 0 Å². The lowest BCUT2D eigenvalue weighted by molar-refractivity contribution is -0.136. The molecule has 0 aliphatic rings. The molecule has 0 bridgehead atoms. The van der Waals surface area contributed by atoms with Crippen molar-refractivity contribution in [2.45, 2.75) is 26.3 Å². The molecule has 0 saturated carbocycles. The third kappa shape index (κ3) is 4.86. The highest BCUT2D eigenvalue weighted by molar-refractivity contribution is 5.75. The molecule has 0 atom stereocenters. The molecule has 1 aromatic rings. The molecule has 0 fully saturated rings. The summed E-state index contributed by atoms with van der Waals surface area (Å²) in [6.07, 6.45) is 0.845. The summed E-state index contributed by atoms with van der Waals surface area (Å²) in [5.41, 5.74) is 2.27. The molecule has 98 valence electrons. The Hall–Kier alpha value is -2.04. The second-order valence-corrected chi connectivity index (χ2v) is 3.88. The van der Waals surface area contributed by atoms with E-state index >= 15 is 0 Å². The van der Waals surface area contributed by atoms with E-state index in [0.717, 1.165) is 12.0 Å². The summed E-state index contributed by atoms with van der Waals surface area (Å²) in [4.78, 5) is 21.7. The SMILES string of the molecule is CCc1ccccc1CNC(=O)NCCC(=O)O. The predicted molar refractivity (Wildman–Crippen MR) is 68.3 cm³/mol. The third-order valence-corrected chi connectivity index (χ3v) is 2.56. The molecule has 1 aromatic carbocycles. The molecular formula is C13H18N2O3. The van der Waals surface area contributed by atoms with Gasteiger partial charge in [-0.3, -0.25) is 4.79 Å². The van der Waals surface area contributed by atoms with Crippen LogP contribution in [0.5, 0.6) is 0 Å². The lowest BCUT2D eigenvalue weighted by Gasteiger charge is -2.09. The van der Waals surface area contributed by atoms with Crippen LogP contribution < -0.4 is 10.6 Å². The summed E-state index contributed by atoms with van der Waals surface area (Å²) in [5, 5.41) is 13.6. The van der Waals surface area contributed by atoms with Gasteiger partial charge in [0.1, 0.15) is 0 Å². The molecule has 5 nitrogen and oxygen atoms in total. The largest absolute Gasteiger partial charge is 0.481 e. The Balaban J connectivity index is 2.35. The Bertz CT molecular complexity index is 418. The second kappa shape index (κ2) is 7.32. The minimum atomic E-state index is -0.924. The van der Waals surface area contributed by atoms with E-state index < -0.39 is 5.97 Å². The molecule has 0 radical (unpaired) electrons. The van der Waals surface area contributed by atoms with Gasteiger partial charge < -0.3 is 15.7 Å². The molecule has 18 heavy (non-hydrogen) atoms. The average Bonchev–Trinajstić information content (AvgIpc) is 2.36. The zero-order valence-electron chi connectivity index (χ0n) is 10.4. The van der Waals surface area contributed by atoms with E-state index in [1.54, 1.807) is 0 Å². The monoisotopic (exact) mass is 250 g/mol. The smallest absolute Gasteiger partial charge is 0.315 e. The number of carbonyl (C=O) groups is 2. The highest BCUT2D eigenvalue weighted by Crippen LogP contribution is 2.08. The maximum absolute atomic E-state index is 11.4. The minimum absolute atomic E-state index is 0.0705. The van der Waals surface area contributed by atoms with Crippen LogP contribution >= 0.6 is 0 Å². The summed E-state index contributed by atoms with van der Waals surface area (Å²) in [6, 6.07) is 7.55. The zero-order valence-corrected chi connectivity index (χ0v) is 10.4. The van der Waals surface area contributed by atoms with Crippen molar-refractivity contribution in [2.75, 3.05) is 6.54 Å². The molecule has 5 heteroatoms. The van der Waals surface area contributed by atoms with Gasteiger partial charge in [0.25, 0.3) is 0 Å². The fourth-order valence-electron chi connectivity index (χ4n) is 1.60. The fourth-order valence-corrected chi connectivity index (χ4v) is 1.60. The number of benzene rings is 1. The van der Waals surface area contributed by atoms with Crippen LogP contribution in [0.15, 0.2) is 24.3 Å². The van der Waals surface area contributed by atoms with Crippen molar-refractivity contribution in [2.24, 2.45) is 0 Å². The number of carboxylic acid groups (broad SMARTS) is 1. The van der Waals surface area contributed by atoms with Crippen LogP contribution in [0.3, 0.4) is 0 Å². The maximum Gasteiger partial charge on any atom is 0.315 e. The predicted octanol–water partition coefficient (Wildman–Crippen LogP) is 1.52. The highest BCUT2D eigenvalue weighted by atomic mass is 16.4. The first kappa shape index (κ1) is 14.0. The molecule has 0 aliphatic carbocycles. The molecule has 0 spiro atoms. The van der Waals surface area contributed by atoms with Gasteiger partial charge in [-0.1, -0.05) is 31.2 Å². The van der Waals surface area contributed by atoms with E-state index in [0.29, 0.717) is 6.54 Å². The molecule has 3 N–H and O–H groups in total. The van der Waals surface area contributed by atoms with Gasteiger partial charge in [-0.25, -0.2) is 4.79 Å². The second-order valence-electron chi connectivity index (χ2n) is 3.88. The fraction of sp³-hybridized carbons (Fsp3) is 0.385. The van der Waals surface area contributed by atoms with Gasteiger partial charge in [0.15, 0.2) is 0 Å². The Morgan fingerprint density at radius 2 is 1.83 bits per heavy atom. The van der Waals surface area contributed by atoms with Gasteiger partial charge in [-0.15, -0.1) is 0 Å². The Labute approximate surface area is 106 Å². The quantitative estimate of drug-likeness (QED) is 0.716. The number of aliphatic carboxylic acids is 1. The van der Waals surface area contributed by atoms with E-state index in [4.69, 9.17) is 5.11 Å². The molecule has 1 rings (SSSR count). The standard InChI is InChI=1S/C13H18N2O3/c1-2-10-5-3-4-6-11(10)9-15-13(18)14-8-7-12(16)17/h3-6H,2,7-9H2,1H3,(H,16,17)(H2,14,15,18). The minimum Gasteiger partial charge on any atom is -0.481 e. The number of carbonyl (C=O) groups excluding carboxylic acids is 1. The first-order valence-electron chi connectivity index (χ1n) is 5.93. The van der Waals surface area contributed by atoms with Crippen LogP contribution in [-0.4, -0.2) is 23.7 Å². The molecule has 0 aromatic heterocycles. The summed E-state index contributed by atoms with van der Waals surface area (Å²) in [7, 11) is 0. The van der Waals surface area contributed by atoms with E-state index in [9.17, 15) is 9.59 Å². The number of nitrogens with one attached hydrogen (secondary N) is 2. The summed E-state index contributed by atoms with van der Waals surface area (Å²) < 4.78 is 0. The molecule has 2 amide bonds. The van der Waals surface area contributed by atoms with Crippen LogP contribution in [0, 0.1) is 0 Å². The van der Waals surface area contributed by atoms with Crippen LogP contribution in [0.2, 0.25) is 0 Å². The average molecular weight is 250 g/mol. The van der Waals surface area contributed by atoms with E-state index in [-0.39, 0.29) is 19.0 Å². The van der Waals surface area contributed by atoms with Crippen LogP contribution in [-0.2, 0) is 17.8 Å². The summed E-state index contributed by atoms with van der Waals surface area (Å²) in [5.74, 6) is -0.924. The Morgan fingerprint density at radius 3 is 2.44 bits per heavy atom. The van der Waals surface area contributed by atoms with E-state index in [1.165, 1.54) is 5.56 Å². The topological polar surface area (TPSA) is 78.4 Å². The van der Waals surface area contributed by atoms with Crippen molar-refractivity contribution in [1.82, 2.24) is 10.6 Å². The van der Waals surface area contributed by atoms with Gasteiger partial charge in [-0.2, -0.15) is 0 Å². The zero-order chi connectivity index (χ0) is 13.4. The van der Waals surface area contributed by atoms with Crippen LogP contribution in [0.4, 0.5) is 4.79 Å². The van der Waals surface area contributed by atoms with Crippen molar-refractivity contribution in [1.29, 1.82) is 0 Å². The number of hydrogen-bond donors (Lipinski definition) is 3. The lowest BCUT2D eigenvalue weighted by Crippen LogP contribution is -2.36. The number of carboxylic acids is 1. The number of hydrogen-bond acceptors (Lipinski definition) is 2. The van der Waals surface area contributed by atoms with E-state index in [2.05, 4.69) is 17.6 Å². The van der Waals surface area contributed by atoms with E-state index in [1.807, 2.05) is 24.3 Å². The number of urea groups is 1. The number of aryl methyl sites for hydroxylation is 1. The van der Waals surface area contributed by atoms with Crippen molar-refractivity contribution >= 4 is 12.0 Å². The number of rotatable bonds is 6. The first-order chi connectivity index (χ1) is 8.63. The molecule has 0 heterocycles.